The summed E-state index contributed by atoms with van der Waals surface area (Å²) in [6.45, 7) is 0. The SMILES string of the molecule is c1ccc(-c2nn(-c3ccccc3)cc2-c2nnco2)cc1. The van der Waals surface area contributed by atoms with Gasteiger partial charge in [0.15, 0.2) is 0 Å². The highest BCUT2D eigenvalue weighted by atomic mass is 16.4. The van der Waals surface area contributed by atoms with Gasteiger partial charge in [-0.2, -0.15) is 5.10 Å². The lowest BCUT2D eigenvalue weighted by Crippen LogP contribution is -1.93. The van der Waals surface area contributed by atoms with Gasteiger partial charge in [0, 0.05) is 11.8 Å². The lowest BCUT2D eigenvalue weighted by Gasteiger charge is -2.00. The van der Waals surface area contributed by atoms with E-state index in [4.69, 9.17) is 9.52 Å². The number of aromatic nitrogens is 4. The summed E-state index contributed by atoms with van der Waals surface area (Å²) in [5, 5.41) is 12.5. The molecule has 106 valence electrons. The second-order valence-electron chi connectivity index (χ2n) is 4.78. The number of rotatable bonds is 3. The van der Waals surface area contributed by atoms with E-state index in [0.29, 0.717) is 5.89 Å². The number of para-hydroxylation sites is 1. The number of benzene rings is 2. The average molecular weight is 288 g/mol. The quantitative estimate of drug-likeness (QED) is 0.578. The zero-order chi connectivity index (χ0) is 14.8. The van der Waals surface area contributed by atoms with E-state index in [-0.39, 0.29) is 0 Å². The predicted molar refractivity (Wildman–Crippen MR) is 82.3 cm³/mol. The second-order valence-corrected chi connectivity index (χ2v) is 4.78. The molecule has 0 atom stereocenters. The first-order valence-electron chi connectivity index (χ1n) is 6.89. The molecule has 22 heavy (non-hydrogen) atoms. The molecule has 0 aliphatic heterocycles. The minimum atomic E-state index is 0.459. The van der Waals surface area contributed by atoms with Crippen molar-refractivity contribution in [1.29, 1.82) is 0 Å². The highest BCUT2D eigenvalue weighted by molar-refractivity contribution is 5.76. The first-order chi connectivity index (χ1) is 10.9. The Labute approximate surface area is 126 Å². The summed E-state index contributed by atoms with van der Waals surface area (Å²) in [7, 11) is 0. The van der Waals surface area contributed by atoms with E-state index in [9.17, 15) is 0 Å². The summed E-state index contributed by atoms with van der Waals surface area (Å²) < 4.78 is 7.18. The molecule has 0 aliphatic rings. The minimum Gasteiger partial charge on any atom is -0.423 e. The Morgan fingerprint density at radius 3 is 2.27 bits per heavy atom. The van der Waals surface area contributed by atoms with Gasteiger partial charge in [0.25, 0.3) is 5.89 Å². The van der Waals surface area contributed by atoms with Gasteiger partial charge in [-0.25, -0.2) is 4.68 Å². The molecule has 0 spiro atoms. The monoisotopic (exact) mass is 288 g/mol. The van der Waals surface area contributed by atoms with E-state index in [0.717, 1.165) is 22.5 Å². The van der Waals surface area contributed by atoms with E-state index >= 15 is 0 Å². The van der Waals surface area contributed by atoms with Crippen molar-refractivity contribution in [2.45, 2.75) is 0 Å². The highest BCUT2D eigenvalue weighted by Crippen LogP contribution is 2.30. The molecule has 0 fully saturated rings. The van der Waals surface area contributed by atoms with Crippen LogP contribution in [-0.4, -0.2) is 20.0 Å². The Balaban J connectivity index is 1.91. The van der Waals surface area contributed by atoms with Crippen LogP contribution in [0, 0.1) is 0 Å². The third-order valence-electron chi connectivity index (χ3n) is 3.37. The lowest BCUT2D eigenvalue weighted by atomic mass is 10.1. The van der Waals surface area contributed by atoms with Crippen molar-refractivity contribution in [2.75, 3.05) is 0 Å². The van der Waals surface area contributed by atoms with Gasteiger partial charge in [0.05, 0.1) is 11.3 Å². The van der Waals surface area contributed by atoms with Crippen LogP contribution >= 0.6 is 0 Å². The van der Waals surface area contributed by atoms with Gasteiger partial charge in [-0.1, -0.05) is 48.5 Å². The van der Waals surface area contributed by atoms with Crippen molar-refractivity contribution in [3.8, 4) is 28.4 Å². The smallest absolute Gasteiger partial charge is 0.251 e. The van der Waals surface area contributed by atoms with Crippen LogP contribution in [0.5, 0.6) is 0 Å². The van der Waals surface area contributed by atoms with Gasteiger partial charge in [-0.3, -0.25) is 0 Å². The first-order valence-corrected chi connectivity index (χ1v) is 6.89. The van der Waals surface area contributed by atoms with Crippen LogP contribution in [0.3, 0.4) is 0 Å². The molecule has 0 bridgehead atoms. The van der Waals surface area contributed by atoms with Crippen LogP contribution in [0.2, 0.25) is 0 Å². The second kappa shape index (κ2) is 5.29. The zero-order valence-corrected chi connectivity index (χ0v) is 11.6. The molecule has 5 nitrogen and oxygen atoms in total. The van der Waals surface area contributed by atoms with Crippen molar-refractivity contribution >= 4 is 0 Å². The molecular formula is C17H12N4O. The van der Waals surface area contributed by atoms with Crippen molar-refractivity contribution in [1.82, 2.24) is 20.0 Å². The Morgan fingerprint density at radius 2 is 1.59 bits per heavy atom. The summed E-state index contributed by atoms with van der Waals surface area (Å²) in [6.07, 6.45) is 3.23. The molecule has 0 aliphatic carbocycles. The molecule has 4 rings (SSSR count). The van der Waals surface area contributed by atoms with E-state index in [1.165, 1.54) is 6.39 Å². The minimum absolute atomic E-state index is 0.459. The zero-order valence-electron chi connectivity index (χ0n) is 11.6. The lowest BCUT2D eigenvalue weighted by molar-refractivity contribution is 0.569. The Hall–Kier alpha value is -3.21. The van der Waals surface area contributed by atoms with Crippen LogP contribution < -0.4 is 0 Å². The molecule has 0 N–H and O–H groups in total. The fourth-order valence-electron chi connectivity index (χ4n) is 2.34. The van der Waals surface area contributed by atoms with Gasteiger partial charge < -0.3 is 4.42 Å². The Kier molecular flexibility index (Phi) is 3.01. The van der Waals surface area contributed by atoms with Gasteiger partial charge in [-0.15, -0.1) is 10.2 Å². The number of nitrogens with zero attached hydrogens (tertiary/aromatic N) is 4. The first kappa shape index (κ1) is 12.5. The molecule has 4 aromatic rings. The molecule has 2 aromatic carbocycles. The fourth-order valence-corrected chi connectivity index (χ4v) is 2.34. The van der Waals surface area contributed by atoms with Crippen molar-refractivity contribution in [3.63, 3.8) is 0 Å². The summed E-state index contributed by atoms with van der Waals surface area (Å²) in [4.78, 5) is 0. The van der Waals surface area contributed by atoms with Crippen LogP contribution in [-0.2, 0) is 0 Å². The number of hydrogen-bond acceptors (Lipinski definition) is 4. The van der Waals surface area contributed by atoms with Gasteiger partial charge in [0.2, 0.25) is 6.39 Å². The molecule has 0 saturated carbocycles. The Bertz CT molecular complexity index is 868. The summed E-state index contributed by atoms with van der Waals surface area (Å²) >= 11 is 0. The summed E-state index contributed by atoms with van der Waals surface area (Å²) in [5.74, 6) is 0.459. The maximum atomic E-state index is 5.36. The topological polar surface area (TPSA) is 56.7 Å². The Morgan fingerprint density at radius 1 is 0.864 bits per heavy atom. The number of hydrogen-bond donors (Lipinski definition) is 0. The molecule has 2 heterocycles. The van der Waals surface area contributed by atoms with E-state index in [1.807, 2.05) is 71.5 Å². The van der Waals surface area contributed by atoms with Crippen LogP contribution in [0.1, 0.15) is 0 Å². The van der Waals surface area contributed by atoms with Crippen molar-refractivity contribution < 1.29 is 4.42 Å². The normalized spacial score (nSPS) is 10.7. The maximum absolute atomic E-state index is 5.36. The van der Waals surface area contributed by atoms with Gasteiger partial charge in [0.1, 0.15) is 5.69 Å². The van der Waals surface area contributed by atoms with Crippen molar-refractivity contribution in [3.05, 3.63) is 73.3 Å². The third-order valence-corrected chi connectivity index (χ3v) is 3.37. The average Bonchev–Trinajstić information content (AvgIpc) is 3.26. The van der Waals surface area contributed by atoms with E-state index in [1.54, 1.807) is 0 Å². The van der Waals surface area contributed by atoms with E-state index < -0.39 is 0 Å². The molecule has 5 heteroatoms. The van der Waals surface area contributed by atoms with Crippen LogP contribution in [0.4, 0.5) is 0 Å². The molecule has 0 radical (unpaired) electrons. The third kappa shape index (κ3) is 2.18. The maximum Gasteiger partial charge on any atom is 0.251 e. The van der Waals surface area contributed by atoms with E-state index in [2.05, 4.69) is 10.2 Å². The molecule has 0 unspecified atom stereocenters. The van der Waals surface area contributed by atoms with Gasteiger partial charge >= 0.3 is 0 Å². The standard InChI is InChI=1S/C17H12N4O/c1-3-7-13(8-4-1)16-15(17-19-18-12-22-17)11-21(20-16)14-9-5-2-6-10-14/h1-12H. The summed E-state index contributed by atoms with van der Waals surface area (Å²) in [5.41, 5.74) is 3.61. The van der Waals surface area contributed by atoms with Crippen molar-refractivity contribution in [2.24, 2.45) is 0 Å². The molecule has 2 aromatic heterocycles. The largest absolute Gasteiger partial charge is 0.423 e. The fraction of sp³-hybridized carbons (Fsp3) is 0. The van der Waals surface area contributed by atoms with Gasteiger partial charge in [-0.05, 0) is 12.1 Å². The molecular weight excluding hydrogens is 276 g/mol. The van der Waals surface area contributed by atoms with Crippen LogP contribution in [0.25, 0.3) is 28.4 Å². The highest BCUT2D eigenvalue weighted by Gasteiger charge is 2.17. The summed E-state index contributed by atoms with van der Waals surface area (Å²) in [6, 6.07) is 19.9. The van der Waals surface area contributed by atoms with Crippen LogP contribution in [0.15, 0.2) is 77.7 Å². The predicted octanol–water partition coefficient (Wildman–Crippen LogP) is 3.59. The molecule has 0 saturated heterocycles. The molecule has 0 amide bonds.